The molecule has 0 unspecified atom stereocenters. The molecule has 0 fully saturated rings. The van der Waals surface area contributed by atoms with Crippen molar-refractivity contribution in [2.45, 2.75) is 6.54 Å². The summed E-state index contributed by atoms with van der Waals surface area (Å²) in [5, 5.41) is 0.805. The third kappa shape index (κ3) is 2.74. The highest BCUT2D eigenvalue weighted by atomic mass is 16.3. The lowest BCUT2D eigenvalue weighted by Gasteiger charge is -2.05. The molecule has 2 aromatic carbocycles. The van der Waals surface area contributed by atoms with Gasteiger partial charge in [-0.25, -0.2) is 4.57 Å². The summed E-state index contributed by atoms with van der Waals surface area (Å²) < 4.78 is 13.5. The molecular weight excluding hydrogens is 350 g/mol. The number of rotatable bonds is 4. The fourth-order valence-corrected chi connectivity index (χ4v) is 3.45. The SMILES string of the molecule is Nc1c2c(-c3ccccc3)c(-c3ccccc3)oc2nc[n+]1Cc1ccco1. The lowest BCUT2D eigenvalue weighted by Crippen LogP contribution is -2.38. The molecule has 3 aromatic heterocycles. The number of fused-ring (bicyclic) bond motifs is 1. The number of nitrogens with two attached hydrogens (primary N) is 1. The first-order valence-electron chi connectivity index (χ1n) is 9.05. The van der Waals surface area contributed by atoms with Crippen molar-refractivity contribution in [3.63, 3.8) is 0 Å². The molecule has 0 aliphatic heterocycles. The van der Waals surface area contributed by atoms with Crippen LogP contribution in [-0.2, 0) is 6.54 Å². The molecule has 0 aliphatic rings. The Hall–Kier alpha value is -3.86. The van der Waals surface area contributed by atoms with Crippen molar-refractivity contribution >= 4 is 16.9 Å². The summed E-state index contributed by atoms with van der Waals surface area (Å²) in [7, 11) is 0. The van der Waals surface area contributed by atoms with Crippen LogP contribution in [0.25, 0.3) is 33.6 Å². The second kappa shape index (κ2) is 6.70. The van der Waals surface area contributed by atoms with Crippen molar-refractivity contribution in [2.75, 3.05) is 5.73 Å². The highest BCUT2D eigenvalue weighted by Crippen LogP contribution is 2.41. The van der Waals surface area contributed by atoms with Gasteiger partial charge in [-0.3, -0.25) is 0 Å². The number of hydrogen-bond acceptors (Lipinski definition) is 4. The lowest BCUT2D eigenvalue weighted by molar-refractivity contribution is -0.677. The van der Waals surface area contributed by atoms with Gasteiger partial charge >= 0.3 is 5.71 Å². The second-order valence-corrected chi connectivity index (χ2v) is 6.56. The number of nitrogens with zero attached hydrogens (tertiary/aromatic N) is 2. The Balaban J connectivity index is 1.78. The van der Waals surface area contributed by atoms with E-state index in [1.54, 1.807) is 12.6 Å². The molecule has 5 heteroatoms. The van der Waals surface area contributed by atoms with Crippen LogP contribution in [0.2, 0.25) is 0 Å². The summed E-state index contributed by atoms with van der Waals surface area (Å²) in [5.41, 5.74) is 10.1. The fourth-order valence-electron chi connectivity index (χ4n) is 3.45. The zero-order chi connectivity index (χ0) is 18.9. The number of benzene rings is 2. The minimum absolute atomic E-state index is 0.502. The van der Waals surface area contributed by atoms with Crippen LogP contribution in [0.3, 0.4) is 0 Å². The minimum Gasteiger partial charge on any atom is -0.466 e. The molecule has 0 spiro atoms. The molecule has 0 saturated carbocycles. The number of nitrogen functional groups attached to an aromatic ring is 1. The third-order valence-electron chi connectivity index (χ3n) is 4.77. The van der Waals surface area contributed by atoms with Crippen LogP contribution in [-0.4, -0.2) is 4.98 Å². The largest absolute Gasteiger partial charge is 0.466 e. The Labute approximate surface area is 161 Å². The molecule has 28 heavy (non-hydrogen) atoms. The predicted molar refractivity (Wildman–Crippen MR) is 107 cm³/mol. The van der Waals surface area contributed by atoms with E-state index in [1.165, 1.54) is 0 Å². The molecule has 136 valence electrons. The average Bonchev–Trinajstić information content (AvgIpc) is 3.39. The van der Waals surface area contributed by atoms with Gasteiger partial charge in [-0.15, -0.1) is 0 Å². The number of aromatic nitrogens is 2. The molecule has 0 bridgehead atoms. The van der Waals surface area contributed by atoms with E-state index in [4.69, 9.17) is 14.6 Å². The molecule has 0 saturated heterocycles. The summed E-state index contributed by atoms with van der Waals surface area (Å²) in [6, 6.07) is 23.9. The van der Waals surface area contributed by atoms with Gasteiger partial charge < -0.3 is 14.6 Å². The van der Waals surface area contributed by atoms with Gasteiger partial charge in [-0.2, -0.15) is 0 Å². The normalized spacial score (nSPS) is 11.1. The molecule has 5 aromatic rings. The predicted octanol–water partition coefficient (Wildman–Crippen LogP) is 4.67. The van der Waals surface area contributed by atoms with Gasteiger partial charge in [0.15, 0.2) is 0 Å². The van der Waals surface area contributed by atoms with E-state index in [2.05, 4.69) is 17.1 Å². The Bertz CT molecular complexity index is 1230. The first-order chi connectivity index (χ1) is 13.8. The first-order valence-corrected chi connectivity index (χ1v) is 9.05. The van der Waals surface area contributed by atoms with Crippen molar-refractivity contribution < 1.29 is 13.4 Å². The van der Waals surface area contributed by atoms with Gasteiger partial charge in [0, 0.05) is 11.1 Å². The van der Waals surface area contributed by atoms with E-state index in [9.17, 15) is 0 Å². The van der Waals surface area contributed by atoms with Gasteiger partial charge in [0.2, 0.25) is 12.1 Å². The molecule has 0 aliphatic carbocycles. The zero-order valence-corrected chi connectivity index (χ0v) is 15.1. The lowest BCUT2D eigenvalue weighted by atomic mass is 9.99. The topological polar surface area (TPSA) is 69.1 Å². The standard InChI is InChI=1S/C23H17N3O2/c24-22-20-19(16-8-3-1-4-9-16)21(17-10-5-2-6-11-17)28-23(20)25-15-26(22)14-18-12-7-13-27-18/h1-13,15,24H,14H2/p+1. The first kappa shape index (κ1) is 16.3. The van der Waals surface area contributed by atoms with E-state index < -0.39 is 0 Å². The van der Waals surface area contributed by atoms with E-state index in [1.807, 2.05) is 65.2 Å². The second-order valence-electron chi connectivity index (χ2n) is 6.56. The van der Waals surface area contributed by atoms with Crippen LogP contribution in [0.15, 0.2) is 94.2 Å². The Morgan fingerprint density at radius 2 is 1.57 bits per heavy atom. The highest BCUT2D eigenvalue weighted by molar-refractivity contribution is 6.04. The van der Waals surface area contributed by atoms with Gasteiger partial charge in [0.05, 0.1) is 6.26 Å². The number of hydrogen-bond donors (Lipinski definition) is 1. The fraction of sp³-hybridized carbons (Fsp3) is 0.0435. The van der Waals surface area contributed by atoms with Crippen LogP contribution < -0.4 is 10.3 Å². The van der Waals surface area contributed by atoms with Crippen LogP contribution in [0.5, 0.6) is 0 Å². The van der Waals surface area contributed by atoms with Crippen molar-refractivity contribution in [3.05, 3.63) is 91.1 Å². The van der Waals surface area contributed by atoms with Crippen LogP contribution in [0.4, 0.5) is 5.82 Å². The van der Waals surface area contributed by atoms with Crippen molar-refractivity contribution in [1.82, 2.24) is 4.98 Å². The summed E-state index contributed by atoms with van der Waals surface area (Å²) in [5.74, 6) is 2.16. The maximum atomic E-state index is 6.59. The molecule has 5 rings (SSSR count). The summed E-state index contributed by atoms with van der Waals surface area (Å²) in [4.78, 5) is 4.53. The summed E-state index contributed by atoms with van der Waals surface area (Å²) >= 11 is 0. The molecule has 5 nitrogen and oxygen atoms in total. The minimum atomic E-state index is 0.502. The van der Waals surface area contributed by atoms with Gasteiger partial charge in [0.1, 0.15) is 23.5 Å². The van der Waals surface area contributed by atoms with E-state index in [0.717, 1.165) is 33.6 Å². The highest BCUT2D eigenvalue weighted by Gasteiger charge is 2.25. The van der Waals surface area contributed by atoms with Crippen molar-refractivity contribution in [2.24, 2.45) is 0 Å². The van der Waals surface area contributed by atoms with Crippen LogP contribution in [0, 0.1) is 0 Å². The molecule has 3 heterocycles. The van der Waals surface area contributed by atoms with Gasteiger partial charge in [-0.05, 0) is 17.7 Å². The van der Waals surface area contributed by atoms with Crippen molar-refractivity contribution in [3.8, 4) is 22.5 Å². The number of anilines is 1. The molecule has 2 N–H and O–H groups in total. The number of furan rings is 2. The maximum Gasteiger partial charge on any atom is 0.310 e. The average molecular weight is 368 g/mol. The summed E-state index contributed by atoms with van der Waals surface area (Å²) in [6.45, 7) is 0.502. The van der Waals surface area contributed by atoms with E-state index >= 15 is 0 Å². The third-order valence-corrected chi connectivity index (χ3v) is 4.77. The van der Waals surface area contributed by atoms with Crippen LogP contribution >= 0.6 is 0 Å². The molecular formula is C23H18N3O2+. The Morgan fingerprint density at radius 1 is 0.857 bits per heavy atom. The monoisotopic (exact) mass is 368 g/mol. The molecule has 0 atom stereocenters. The molecule has 0 radical (unpaired) electrons. The Morgan fingerprint density at radius 3 is 2.25 bits per heavy atom. The smallest absolute Gasteiger partial charge is 0.310 e. The van der Waals surface area contributed by atoms with Gasteiger partial charge in [0.25, 0.3) is 0 Å². The van der Waals surface area contributed by atoms with E-state index in [0.29, 0.717) is 18.1 Å². The van der Waals surface area contributed by atoms with Crippen molar-refractivity contribution in [1.29, 1.82) is 0 Å². The Kier molecular flexibility index (Phi) is 3.91. The van der Waals surface area contributed by atoms with Gasteiger partial charge in [-0.1, -0.05) is 65.6 Å². The zero-order valence-electron chi connectivity index (χ0n) is 15.1. The summed E-state index contributed by atoms with van der Waals surface area (Å²) in [6.07, 6.45) is 3.34. The quantitative estimate of drug-likeness (QED) is 0.468. The van der Waals surface area contributed by atoms with Crippen LogP contribution in [0.1, 0.15) is 5.76 Å². The van der Waals surface area contributed by atoms with E-state index in [-0.39, 0.29) is 0 Å². The molecule has 0 amide bonds. The maximum absolute atomic E-state index is 6.59.